The van der Waals surface area contributed by atoms with Crippen LogP contribution in [0.2, 0.25) is 5.02 Å². The summed E-state index contributed by atoms with van der Waals surface area (Å²) < 4.78 is 10.9. The predicted octanol–water partition coefficient (Wildman–Crippen LogP) is 3.78. The largest absolute Gasteiger partial charge is 0.462 e. The first kappa shape index (κ1) is 14.1. The fraction of sp³-hybridized carbons (Fsp3) is 0.333. The summed E-state index contributed by atoms with van der Waals surface area (Å²) in [5, 5.41) is 4.13. The highest BCUT2D eigenvalue weighted by Crippen LogP contribution is 2.29. The number of nitrogens with one attached hydrogen (secondary N) is 1. The number of hydrogen-bond acceptors (Lipinski definition) is 3. The highest BCUT2D eigenvalue weighted by Gasteiger charge is 2.19. The van der Waals surface area contributed by atoms with Crippen LogP contribution in [0.5, 0.6) is 0 Å². The lowest BCUT2D eigenvalue weighted by atomic mass is 10.0. The van der Waals surface area contributed by atoms with E-state index in [0.29, 0.717) is 6.61 Å². The number of benzene rings is 1. The van der Waals surface area contributed by atoms with Crippen molar-refractivity contribution in [3.8, 4) is 0 Å². The van der Waals surface area contributed by atoms with Crippen molar-refractivity contribution in [2.45, 2.75) is 19.6 Å². The van der Waals surface area contributed by atoms with Crippen molar-refractivity contribution >= 4 is 11.6 Å². The molecule has 0 spiro atoms. The Hall–Kier alpha value is -1.29. The summed E-state index contributed by atoms with van der Waals surface area (Å²) in [6.07, 6.45) is 0. The third-order valence-electron chi connectivity index (χ3n) is 2.88. The van der Waals surface area contributed by atoms with Gasteiger partial charge in [-0.25, -0.2) is 0 Å². The first-order chi connectivity index (χ1) is 9.26. The van der Waals surface area contributed by atoms with Crippen LogP contribution < -0.4 is 5.32 Å². The van der Waals surface area contributed by atoms with Gasteiger partial charge in [0, 0.05) is 12.1 Å². The minimum absolute atomic E-state index is 0.0377. The second-order valence-corrected chi connectivity index (χ2v) is 4.66. The van der Waals surface area contributed by atoms with Crippen LogP contribution in [0.4, 0.5) is 0 Å². The number of hydrogen-bond donors (Lipinski definition) is 1. The summed E-state index contributed by atoms with van der Waals surface area (Å²) in [7, 11) is 1.65. The van der Waals surface area contributed by atoms with Gasteiger partial charge < -0.3 is 14.5 Å². The Morgan fingerprint density at radius 3 is 2.74 bits per heavy atom. The molecule has 4 heteroatoms. The monoisotopic (exact) mass is 279 g/mol. The maximum Gasteiger partial charge on any atom is 0.129 e. The molecule has 0 radical (unpaired) electrons. The van der Waals surface area contributed by atoms with Crippen LogP contribution in [0.1, 0.15) is 30.0 Å². The van der Waals surface area contributed by atoms with Gasteiger partial charge in [-0.2, -0.15) is 0 Å². The van der Waals surface area contributed by atoms with Crippen molar-refractivity contribution in [2.75, 3.05) is 13.7 Å². The molecule has 3 nitrogen and oxygen atoms in total. The van der Waals surface area contributed by atoms with Crippen molar-refractivity contribution in [1.82, 2.24) is 5.32 Å². The molecule has 0 amide bonds. The Balaban J connectivity index is 2.31. The average molecular weight is 280 g/mol. The van der Waals surface area contributed by atoms with Crippen LogP contribution in [0, 0.1) is 0 Å². The lowest BCUT2D eigenvalue weighted by Crippen LogP contribution is -2.21. The predicted molar refractivity (Wildman–Crippen MR) is 76.4 cm³/mol. The van der Waals surface area contributed by atoms with Gasteiger partial charge in [0.25, 0.3) is 0 Å². The topological polar surface area (TPSA) is 34.4 Å². The molecule has 0 aliphatic carbocycles. The van der Waals surface area contributed by atoms with Gasteiger partial charge >= 0.3 is 0 Å². The number of furan rings is 1. The highest BCUT2D eigenvalue weighted by atomic mass is 35.5. The fourth-order valence-electron chi connectivity index (χ4n) is 2.05. The number of rotatable bonds is 6. The second-order valence-electron chi connectivity index (χ2n) is 4.25. The normalized spacial score (nSPS) is 12.6. The molecule has 19 heavy (non-hydrogen) atoms. The Morgan fingerprint density at radius 1 is 1.26 bits per heavy atom. The highest BCUT2D eigenvalue weighted by molar-refractivity contribution is 6.31. The molecule has 1 unspecified atom stereocenters. The molecule has 0 aliphatic heterocycles. The van der Waals surface area contributed by atoms with Gasteiger partial charge in [-0.15, -0.1) is 0 Å². The minimum atomic E-state index is -0.0377. The summed E-state index contributed by atoms with van der Waals surface area (Å²) in [6.45, 7) is 3.36. The quantitative estimate of drug-likeness (QED) is 0.874. The van der Waals surface area contributed by atoms with Crippen LogP contribution in [0.15, 0.2) is 40.8 Å². The van der Waals surface area contributed by atoms with E-state index in [1.807, 2.05) is 36.4 Å². The molecule has 1 N–H and O–H groups in total. The van der Waals surface area contributed by atoms with E-state index in [1.54, 1.807) is 7.11 Å². The molecule has 1 aromatic carbocycles. The molecular formula is C15H18ClNO2. The summed E-state index contributed by atoms with van der Waals surface area (Å²) in [5.41, 5.74) is 1.02. The Morgan fingerprint density at radius 2 is 2.05 bits per heavy atom. The van der Waals surface area contributed by atoms with E-state index in [2.05, 4.69) is 12.2 Å². The van der Waals surface area contributed by atoms with Gasteiger partial charge in [0.2, 0.25) is 0 Å². The zero-order chi connectivity index (χ0) is 13.7. The van der Waals surface area contributed by atoms with Gasteiger partial charge in [-0.05, 0) is 30.3 Å². The zero-order valence-electron chi connectivity index (χ0n) is 11.2. The first-order valence-electron chi connectivity index (χ1n) is 6.31. The lowest BCUT2D eigenvalue weighted by Gasteiger charge is -2.17. The summed E-state index contributed by atoms with van der Waals surface area (Å²) in [5.74, 6) is 1.66. The van der Waals surface area contributed by atoms with Crippen LogP contribution in [0.25, 0.3) is 0 Å². The summed E-state index contributed by atoms with van der Waals surface area (Å²) in [6, 6.07) is 11.7. The van der Waals surface area contributed by atoms with Crippen molar-refractivity contribution < 1.29 is 9.15 Å². The zero-order valence-corrected chi connectivity index (χ0v) is 11.9. The molecule has 1 heterocycles. The molecule has 0 saturated heterocycles. The van der Waals surface area contributed by atoms with Crippen molar-refractivity contribution in [2.24, 2.45) is 0 Å². The number of ether oxygens (including phenoxy) is 1. The van der Waals surface area contributed by atoms with E-state index < -0.39 is 0 Å². The lowest BCUT2D eigenvalue weighted by molar-refractivity contribution is 0.162. The van der Waals surface area contributed by atoms with Crippen molar-refractivity contribution in [3.63, 3.8) is 0 Å². The Bertz CT molecular complexity index is 524. The molecule has 0 aliphatic rings. The molecule has 1 atom stereocenters. The smallest absolute Gasteiger partial charge is 0.129 e. The second kappa shape index (κ2) is 6.75. The molecule has 0 bridgehead atoms. The summed E-state index contributed by atoms with van der Waals surface area (Å²) in [4.78, 5) is 0. The number of methoxy groups -OCH3 is 1. The van der Waals surface area contributed by atoms with Gasteiger partial charge in [0.1, 0.15) is 18.1 Å². The first-order valence-corrected chi connectivity index (χ1v) is 6.69. The fourth-order valence-corrected chi connectivity index (χ4v) is 2.29. The van der Waals surface area contributed by atoms with Gasteiger partial charge in [0.15, 0.2) is 0 Å². The average Bonchev–Trinajstić information content (AvgIpc) is 2.86. The van der Waals surface area contributed by atoms with Gasteiger partial charge in [0.05, 0.1) is 6.04 Å². The Kier molecular flexibility index (Phi) is 5.02. The Labute approximate surface area is 118 Å². The molecule has 2 rings (SSSR count). The maximum atomic E-state index is 6.27. The van der Waals surface area contributed by atoms with E-state index in [0.717, 1.165) is 28.7 Å². The standard InChI is InChI=1S/C15H18ClNO2/c1-3-17-15(12-6-4-5-7-13(12)16)14-9-8-11(19-14)10-18-2/h4-9,15,17H,3,10H2,1-2H3. The molecule has 0 saturated carbocycles. The SMILES string of the molecule is CCNC(c1ccc(COC)o1)c1ccccc1Cl. The van der Waals surface area contributed by atoms with Crippen LogP contribution >= 0.6 is 11.6 Å². The molecule has 0 fully saturated rings. The molecule has 1 aromatic heterocycles. The van der Waals surface area contributed by atoms with Crippen LogP contribution in [-0.2, 0) is 11.3 Å². The van der Waals surface area contributed by atoms with Gasteiger partial charge in [-0.1, -0.05) is 36.7 Å². The van der Waals surface area contributed by atoms with Crippen molar-refractivity contribution in [3.05, 3.63) is 58.5 Å². The van der Waals surface area contributed by atoms with Crippen LogP contribution in [0.3, 0.4) is 0 Å². The van der Waals surface area contributed by atoms with E-state index in [4.69, 9.17) is 20.8 Å². The van der Waals surface area contributed by atoms with Crippen LogP contribution in [-0.4, -0.2) is 13.7 Å². The number of halogens is 1. The minimum Gasteiger partial charge on any atom is -0.462 e. The molecule has 102 valence electrons. The van der Waals surface area contributed by atoms with E-state index >= 15 is 0 Å². The van der Waals surface area contributed by atoms with E-state index in [1.165, 1.54) is 0 Å². The van der Waals surface area contributed by atoms with E-state index in [-0.39, 0.29) is 6.04 Å². The maximum absolute atomic E-state index is 6.27. The van der Waals surface area contributed by atoms with E-state index in [9.17, 15) is 0 Å². The molecule has 2 aromatic rings. The third kappa shape index (κ3) is 3.38. The third-order valence-corrected chi connectivity index (χ3v) is 3.22. The van der Waals surface area contributed by atoms with Crippen molar-refractivity contribution in [1.29, 1.82) is 0 Å². The summed E-state index contributed by atoms with van der Waals surface area (Å²) >= 11 is 6.27. The van der Waals surface area contributed by atoms with Gasteiger partial charge in [-0.3, -0.25) is 0 Å². The molecular weight excluding hydrogens is 262 g/mol.